The van der Waals surface area contributed by atoms with Crippen LogP contribution in [0.4, 0.5) is 16.2 Å². The predicted octanol–water partition coefficient (Wildman–Crippen LogP) is 2.03. The number of nitriles is 1. The minimum atomic E-state index is -0.469. The Labute approximate surface area is 107 Å². The van der Waals surface area contributed by atoms with Crippen LogP contribution in [0.15, 0.2) is 6.20 Å². The van der Waals surface area contributed by atoms with Gasteiger partial charge in [-0.2, -0.15) is 10.2 Å². The van der Waals surface area contributed by atoms with Crippen molar-refractivity contribution in [3.63, 3.8) is 0 Å². The highest BCUT2D eigenvalue weighted by Crippen LogP contribution is 2.18. The summed E-state index contributed by atoms with van der Waals surface area (Å²) < 4.78 is 13.7. The van der Waals surface area contributed by atoms with Gasteiger partial charge < -0.3 is 10.2 Å². The van der Waals surface area contributed by atoms with Gasteiger partial charge in [-0.3, -0.25) is 0 Å². The van der Waals surface area contributed by atoms with E-state index in [0.29, 0.717) is 25.6 Å². The molecule has 1 atom stereocenters. The monoisotopic (exact) mass is 251 g/mol. The summed E-state index contributed by atoms with van der Waals surface area (Å²) in [4.78, 5) is 9.74. The number of aromatic nitrogens is 2. The van der Waals surface area contributed by atoms with E-state index in [1.807, 2.05) is 13.8 Å². The van der Waals surface area contributed by atoms with E-state index in [9.17, 15) is 4.39 Å². The molecule has 1 aromatic heterocycles. The first kappa shape index (κ1) is 14.2. The largest absolute Gasteiger partial charge is 0.354 e. The Balaban J connectivity index is 2.97. The van der Waals surface area contributed by atoms with Gasteiger partial charge in [0, 0.05) is 19.6 Å². The van der Waals surface area contributed by atoms with Gasteiger partial charge >= 0.3 is 0 Å². The van der Waals surface area contributed by atoms with E-state index in [2.05, 4.69) is 21.4 Å². The Bertz CT molecular complexity index is 429. The van der Waals surface area contributed by atoms with Gasteiger partial charge in [0.25, 0.3) is 0 Å². The first-order valence-electron chi connectivity index (χ1n) is 6.03. The molecule has 0 saturated heterocycles. The smallest absolute Gasteiger partial charge is 0.224 e. The van der Waals surface area contributed by atoms with E-state index in [1.165, 1.54) is 0 Å². The van der Waals surface area contributed by atoms with Crippen molar-refractivity contribution in [3.8, 4) is 6.07 Å². The van der Waals surface area contributed by atoms with Crippen LogP contribution in [-0.2, 0) is 0 Å². The number of halogens is 1. The third-order valence-electron chi connectivity index (χ3n) is 2.46. The molecule has 1 heterocycles. The van der Waals surface area contributed by atoms with Crippen LogP contribution in [0, 0.1) is 23.1 Å². The highest BCUT2D eigenvalue weighted by Gasteiger charge is 2.15. The van der Waals surface area contributed by atoms with Gasteiger partial charge in [0.05, 0.1) is 18.2 Å². The van der Waals surface area contributed by atoms with Crippen molar-refractivity contribution in [1.29, 1.82) is 5.26 Å². The number of anilines is 2. The first-order chi connectivity index (χ1) is 8.62. The summed E-state index contributed by atoms with van der Waals surface area (Å²) in [5, 5.41) is 11.8. The molecular weight excluding hydrogens is 233 g/mol. The maximum absolute atomic E-state index is 13.7. The van der Waals surface area contributed by atoms with E-state index in [-0.39, 0.29) is 11.7 Å². The van der Waals surface area contributed by atoms with E-state index >= 15 is 0 Å². The van der Waals surface area contributed by atoms with Crippen LogP contribution in [0.5, 0.6) is 0 Å². The average Bonchev–Trinajstić information content (AvgIpc) is 2.38. The second-order valence-corrected chi connectivity index (χ2v) is 3.96. The zero-order valence-electron chi connectivity index (χ0n) is 10.9. The van der Waals surface area contributed by atoms with Crippen LogP contribution in [0.1, 0.15) is 20.8 Å². The second kappa shape index (κ2) is 6.74. The Hall–Kier alpha value is -1.90. The summed E-state index contributed by atoms with van der Waals surface area (Å²) in [6.07, 6.45) is 1.15. The van der Waals surface area contributed by atoms with E-state index in [4.69, 9.17) is 5.26 Å². The minimum absolute atomic E-state index is 0.179. The standard InChI is InChI=1S/C12H18FN5/c1-4-15-12-16-7-10(13)11(17-12)18(5-2)8-9(3)6-14/h7,9H,4-5,8H2,1-3H3,(H,15,16,17). The molecule has 0 amide bonds. The predicted molar refractivity (Wildman–Crippen MR) is 68.8 cm³/mol. The van der Waals surface area contributed by atoms with Crippen molar-refractivity contribution in [2.45, 2.75) is 20.8 Å². The number of nitrogens with one attached hydrogen (secondary N) is 1. The molecule has 0 aromatic carbocycles. The van der Waals surface area contributed by atoms with Crippen LogP contribution in [0.25, 0.3) is 0 Å². The highest BCUT2D eigenvalue weighted by molar-refractivity contribution is 5.44. The molecule has 1 unspecified atom stereocenters. The topological polar surface area (TPSA) is 64.8 Å². The maximum Gasteiger partial charge on any atom is 0.224 e. The van der Waals surface area contributed by atoms with Gasteiger partial charge in [0.2, 0.25) is 5.95 Å². The van der Waals surface area contributed by atoms with Crippen molar-refractivity contribution in [2.75, 3.05) is 29.9 Å². The summed E-state index contributed by atoms with van der Waals surface area (Å²) >= 11 is 0. The molecule has 0 fully saturated rings. The zero-order valence-corrected chi connectivity index (χ0v) is 10.9. The molecule has 98 valence electrons. The molecule has 1 N–H and O–H groups in total. The van der Waals surface area contributed by atoms with E-state index < -0.39 is 5.82 Å². The molecule has 6 heteroatoms. The van der Waals surface area contributed by atoms with Crippen molar-refractivity contribution >= 4 is 11.8 Å². The SMILES string of the molecule is CCNc1ncc(F)c(N(CC)CC(C)C#N)n1. The molecule has 0 radical (unpaired) electrons. The Morgan fingerprint density at radius 3 is 2.83 bits per heavy atom. The Morgan fingerprint density at radius 2 is 2.28 bits per heavy atom. The summed E-state index contributed by atoms with van der Waals surface area (Å²) in [5.74, 6) is -0.00643. The van der Waals surface area contributed by atoms with Gasteiger partial charge in [-0.1, -0.05) is 0 Å². The van der Waals surface area contributed by atoms with Crippen LogP contribution in [-0.4, -0.2) is 29.6 Å². The highest BCUT2D eigenvalue weighted by atomic mass is 19.1. The summed E-state index contributed by atoms with van der Waals surface area (Å²) in [6, 6.07) is 2.14. The number of rotatable bonds is 6. The van der Waals surface area contributed by atoms with Gasteiger partial charge in [0.1, 0.15) is 0 Å². The fourth-order valence-corrected chi connectivity index (χ4v) is 1.56. The molecule has 0 spiro atoms. The van der Waals surface area contributed by atoms with Crippen molar-refractivity contribution in [3.05, 3.63) is 12.0 Å². The summed E-state index contributed by atoms with van der Waals surface area (Å²) in [7, 11) is 0. The maximum atomic E-state index is 13.7. The van der Waals surface area contributed by atoms with Crippen molar-refractivity contribution in [1.82, 2.24) is 9.97 Å². The molecule has 0 saturated carbocycles. The van der Waals surface area contributed by atoms with Crippen molar-refractivity contribution in [2.24, 2.45) is 5.92 Å². The molecular formula is C12H18FN5. The van der Waals surface area contributed by atoms with E-state index in [1.54, 1.807) is 11.8 Å². The minimum Gasteiger partial charge on any atom is -0.354 e. The lowest BCUT2D eigenvalue weighted by molar-refractivity contribution is 0.592. The summed E-state index contributed by atoms with van der Waals surface area (Å²) in [6.45, 7) is 7.33. The lowest BCUT2D eigenvalue weighted by Crippen LogP contribution is -2.29. The molecule has 5 nitrogen and oxygen atoms in total. The third-order valence-corrected chi connectivity index (χ3v) is 2.46. The Morgan fingerprint density at radius 1 is 1.56 bits per heavy atom. The molecule has 0 aliphatic carbocycles. The number of hydrogen-bond acceptors (Lipinski definition) is 5. The molecule has 18 heavy (non-hydrogen) atoms. The van der Waals surface area contributed by atoms with Crippen LogP contribution < -0.4 is 10.2 Å². The average molecular weight is 251 g/mol. The van der Waals surface area contributed by atoms with Crippen LogP contribution in [0.3, 0.4) is 0 Å². The Kier molecular flexibility index (Phi) is 5.31. The normalized spacial score (nSPS) is 11.7. The fraction of sp³-hybridized carbons (Fsp3) is 0.583. The molecule has 1 rings (SSSR count). The molecule has 1 aromatic rings. The number of hydrogen-bond donors (Lipinski definition) is 1. The zero-order chi connectivity index (χ0) is 13.5. The van der Waals surface area contributed by atoms with Gasteiger partial charge in [-0.25, -0.2) is 9.37 Å². The van der Waals surface area contributed by atoms with Crippen molar-refractivity contribution < 1.29 is 4.39 Å². The summed E-state index contributed by atoms with van der Waals surface area (Å²) in [5.41, 5.74) is 0. The van der Waals surface area contributed by atoms with Crippen LogP contribution >= 0.6 is 0 Å². The molecule has 0 aliphatic heterocycles. The first-order valence-corrected chi connectivity index (χ1v) is 6.03. The van der Waals surface area contributed by atoms with Gasteiger partial charge in [0.15, 0.2) is 11.6 Å². The van der Waals surface area contributed by atoms with Crippen LogP contribution in [0.2, 0.25) is 0 Å². The fourth-order valence-electron chi connectivity index (χ4n) is 1.56. The lowest BCUT2D eigenvalue weighted by Gasteiger charge is -2.23. The third kappa shape index (κ3) is 3.55. The quantitative estimate of drug-likeness (QED) is 0.838. The lowest BCUT2D eigenvalue weighted by atomic mass is 10.2. The van der Waals surface area contributed by atoms with Gasteiger partial charge in [-0.05, 0) is 20.8 Å². The molecule has 0 bridgehead atoms. The van der Waals surface area contributed by atoms with Gasteiger partial charge in [-0.15, -0.1) is 0 Å². The molecule has 0 aliphatic rings. The second-order valence-electron chi connectivity index (χ2n) is 3.96. The van der Waals surface area contributed by atoms with E-state index in [0.717, 1.165) is 6.20 Å². The number of nitrogens with zero attached hydrogens (tertiary/aromatic N) is 4.